The third-order valence-electron chi connectivity index (χ3n) is 5.73. The zero-order chi connectivity index (χ0) is 20.2. The van der Waals surface area contributed by atoms with Crippen molar-refractivity contribution in [1.82, 2.24) is 15.6 Å². The second-order valence-electron chi connectivity index (χ2n) is 7.96. The maximum absolute atomic E-state index is 10.7. The lowest BCUT2D eigenvalue weighted by Gasteiger charge is -2.36. The molecule has 1 saturated heterocycles. The molecule has 5 N–H and O–H groups in total. The van der Waals surface area contributed by atoms with Crippen LogP contribution in [-0.4, -0.2) is 35.3 Å². The van der Waals surface area contributed by atoms with Crippen molar-refractivity contribution in [2.75, 3.05) is 13.1 Å². The standard InChI is InChI=1S/C23H30N4OS/c1-2-5-15-8-23(29-14-15)21-10-20(18(24)12-26-21)27-13-22(28)17-9-16-6-3-4-7-19(16)25-11-17/h3-4,6-9,11,14,18,20-22,26-28H,2,5,10,12-13,24H2,1H3. The van der Waals surface area contributed by atoms with E-state index in [1.54, 1.807) is 6.20 Å². The zero-order valence-corrected chi connectivity index (χ0v) is 17.7. The van der Waals surface area contributed by atoms with Gasteiger partial charge in [-0.3, -0.25) is 4.98 Å². The molecule has 0 spiro atoms. The van der Waals surface area contributed by atoms with E-state index >= 15 is 0 Å². The van der Waals surface area contributed by atoms with Gasteiger partial charge in [0.15, 0.2) is 0 Å². The maximum atomic E-state index is 10.7. The van der Waals surface area contributed by atoms with Gasteiger partial charge in [-0.1, -0.05) is 31.5 Å². The fraction of sp³-hybridized carbons (Fsp3) is 0.435. The summed E-state index contributed by atoms with van der Waals surface area (Å²) in [5.41, 5.74) is 9.55. The molecule has 4 unspecified atom stereocenters. The average Bonchev–Trinajstić information content (AvgIpc) is 3.21. The Balaban J connectivity index is 1.37. The number of thiophene rings is 1. The summed E-state index contributed by atoms with van der Waals surface area (Å²) in [6.07, 6.45) is 4.39. The largest absolute Gasteiger partial charge is 0.387 e. The molecule has 2 aromatic heterocycles. The predicted octanol–water partition coefficient (Wildman–Crippen LogP) is 3.30. The number of aromatic nitrogens is 1. The molecule has 0 aliphatic carbocycles. The lowest BCUT2D eigenvalue weighted by atomic mass is 9.94. The Hall–Kier alpha value is -1.83. The minimum atomic E-state index is -0.606. The van der Waals surface area contributed by atoms with E-state index in [0.29, 0.717) is 12.6 Å². The molecule has 3 heterocycles. The van der Waals surface area contributed by atoms with Crippen LogP contribution in [0.1, 0.15) is 47.9 Å². The summed E-state index contributed by atoms with van der Waals surface area (Å²) in [5, 5.41) is 21.1. The van der Waals surface area contributed by atoms with Gasteiger partial charge in [0.2, 0.25) is 0 Å². The Morgan fingerprint density at radius 2 is 2.21 bits per heavy atom. The summed E-state index contributed by atoms with van der Waals surface area (Å²) in [6, 6.07) is 12.8. The normalized spacial score (nSPS) is 23.3. The zero-order valence-electron chi connectivity index (χ0n) is 16.8. The van der Waals surface area contributed by atoms with Gasteiger partial charge in [0.25, 0.3) is 0 Å². The van der Waals surface area contributed by atoms with Crippen molar-refractivity contribution in [2.24, 2.45) is 5.73 Å². The number of hydrogen-bond acceptors (Lipinski definition) is 6. The number of aliphatic hydroxyl groups is 1. The molecule has 5 nitrogen and oxygen atoms in total. The van der Waals surface area contributed by atoms with E-state index in [9.17, 15) is 5.11 Å². The molecule has 0 saturated carbocycles. The fourth-order valence-corrected chi connectivity index (χ4v) is 5.07. The molecule has 1 fully saturated rings. The Bertz CT molecular complexity index is 943. The molecule has 4 rings (SSSR count). The van der Waals surface area contributed by atoms with Gasteiger partial charge in [-0.15, -0.1) is 11.3 Å². The summed E-state index contributed by atoms with van der Waals surface area (Å²) in [7, 11) is 0. The number of nitrogens with zero attached hydrogens (tertiary/aromatic N) is 1. The highest BCUT2D eigenvalue weighted by Crippen LogP contribution is 2.29. The first-order valence-corrected chi connectivity index (χ1v) is 11.3. The van der Waals surface area contributed by atoms with Crippen molar-refractivity contribution in [3.8, 4) is 0 Å². The summed E-state index contributed by atoms with van der Waals surface area (Å²) in [4.78, 5) is 5.84. The van der Waals surface area contributed by atoms with Crippen molar-refractivity contribution in [3.05, 3.63) is 64.0 Å². The molecule has 1 aliphatic heterocycles. The number of aryl methyl sites for hydroxylation is 1. The topological polar surface area (TPSA) is 83.2 Å². The molecular weight excluding hydrogens is 380 g/mol. The molecule has 0 amide bonds. The number of benzene rings is 1. The van der Waals surface area contributed by atoms with Crippen molar-refractivity contribution < 1.29 is 5.11 Å². The number of piperidine rings is 1. The molecule has 0 bridgehead atoms. The van der Waals surface area contributed by atoms with Crippen molar-refractivity contribution in [3.63, 3.8) is 0 Å². The highest BCUT2D eigenvalue weighted by Gasteiger charge is 2.29. The minimum Gasteiger partial charge on any atom is -0.387 e. The van der Waals surface area contributed by atoms with E-state index in [-0.39, 0.29) is 12.1 Å². The molecule has 3 aromatic rings. The Kier molecular flexibility index (Phi) is 6.57. The quantitative estimate of drug-likeness (QED) is 0.480. The van der Waals surface area contributed by atoms with Gasteiger partial charge in [0.1, 0.15) is 0 Å². The number of pyridine rings is 1. The fourth-order valence-electron chi connectivity index (χ4n) is 4.03. The first-order valence-electron chi connectivity index (χ1n) is 10.5. The van der Waals surface area contributed by atoms with Gasteiger partial charge < -0.3 is 21.5 Å². The van der Waals surface area contributed by atoms with Gasteiger partial charge in [0.05, 0.1) is 11.6 Å². The van der Waals surface area contributed by atoms with E-state index in [0.717, 1.165) is 35.9 Å². The van der Waals surface area contributed by atoms with Crippen LogP contribution >= 0.6 is 11.3 Å². The van der Waals surface area contributed by atoms with Crippen LogP contribution in [0.2, 0.25) is 0 Å². The second kappa shape index (κ2) is 9.32. The maximum Gasteiger partial charge on any atom is 0.0929 e. The van der Waals surface area contributed by atoms with Gasteiger partial charge in [-0.05, 0) is 42.0 Å². The molecular formula is C23H30N4OS. The lowest BCUT2D eigenvalue weighted by Crippen LogP contribution is -2.56. The smallest absolute Gasteiger partial charge is 0.0929 e. The van der Waals surface area contributed by atoms with Gasteiger partial charge >= 0.3 is 0 Å². The molecule has 29 heavy (non-hydrogen) atoms. The molecule has 154 valence electrons. The van der Waals surface area contributed by atoms with Crippen LogP contribution in [0, 0.1) is 0 Å². The predicted molar refractivity (Wildman–Crippen MR) is 120 cm³/mol. The average molecular weight is 411 g/mol. The van der Waals surface area contributed by atoms with Crippen LogP contribution < -0.4 is 16.4 Å². The van der Waals surface area contributed by atoms with Gasteiger partial charge in [-0.25, -0.2) is 0 Å². The first-order chi connectivity index (χ1) is 14.1. The highest BCUT2D eigenvalue weighted by atomic mass is 32.1. The minimum absolute atomic E-state index is 0.0308. The van der Waals surface area contributed by atoms with Crippen molar-refractivity contribution >= 4 is 22.2 Å². The van der Waals surface area contributed by atoms with Gasteiger partial charge in [-0.2, -0.15) is 0 Å². The van der Waals surface area contributed by atoms with Crippen LogP contribution in [0.25, 0.3) is 10.9 Å². The molecule has 4 atom stereocenters. The van der Waals surface area contributed by atoms with Crippen LogP contribution in [0.15, 0.2) is 48.0 Å². The van der Waals surface area contributed by atoms with E-state index in [1.165, 1.54) is 16.9 Å². The second-order valence-corrected chi connectivity index (χ2v) is 8.90. The Labute approximate surface area is 176 Å². The summed E-state index contributed by atoms with van der Waals surface area (Å²) >= 11 is 1.83. The molecule has 1 aliphatic rings. The van der Waals surface area contributed by atoms with E-state index in [1.807, 2.05) is 41.7 Å². The highest BCUT2D eigenvalue weighted by molar-refractivity contribution is 7.10. The number of nitrogens with two attached hydrogens (primary N) is 1. The van der Waals surface area contributed by atoms with Crippen LogP contribution in [0.4, 0.5) is 0 Å². The Morgan fingerprint density at radius 1 is 1.34 bits per heavy atom. The first kappa shape index (κ1) is 20.4. The number of hydrogen-bond donors (Lipinski definition) is 4. The monoisotopic (exact) mass is 410 g/mol. The van der Waals surface area contributed by atoms with Gasteiger partial charge in [0, 0.05) is 53.2 Å². The van der Waals surface area contributed by atoms with E-state index < -0.39 is 6.10 Å². The van der Waals surface area contributed by atoms with Crippen molar-refractivity contribution in [2.45, 2.75) is 50.4 Å². The van der Waals surface area contributed by atoms with Crippen LogP contribution in [0.3, 0.4) is 0 Å². The SMILES string of the molecule is CCCc1csc(C2CC(NCC(O)c3cnc4ccccc4c3)C(N)CN2)c1. The Morgan fingerprint density at radius 3 is 3.07 bits per heavy atom. The van der Waals surface area contributed by atoms with E-state index in [4.69, 9.17) is 5.73 Å². The number of fused-ring (bicyclic) bond motifs is 1. The summed E-state index contributed by atoms with van der Waals surface area (Å²) < 4.78 is 0. The third kappa shape index (κ3) is 4.85. The number of rotatable bonds is 7. The lowest BCUT2D eigenvalue weighted by molar-refractivity contribution is 0.160. The molecule has 0 radical (unpaired) electrons. The van der Waals surface area contributed by atoms with Crippen LogP contribution in [-0.2, 0) is 6.42 Å². The van der Waals surface area contributed by atoms with E-state index in [2.05, 4.69) is 34.0 Å². The van der Waals surface area contributed by atoms with Crippen LogP contribution in [0.5, 0.6) is 0 Å². The number of para-hydroxylation sites is 1. The number of aliphatic hydroxyl groups excluding tert-OH is 1. The number of nitrogens with one attached hydrogen (secondary N) is 2. The molecule has 6 heteroatoms. The summed E-state index contributed by atoms with van der Waals surface area (Å²) in [5.74, 6) is 0. The summed E-state index contributed by atoms with van der Waals surface area (Å²) in [6.45, 7) is 3.46. The van der Waals surface area contributed by atoms with Crippen molar-refractivity contribution in [1.29, 1.82) is 0 Å². The molecule has 1 aromatic carbocycles. The third-order valence-corrected chi connectivity index (χ3v) is 6.83.